The molecule has 16 heteroatoms. The van der Waals surface area contributed by atoms with Gasteiger partial charge in [0.25, 0.3) is 0 Å². The molecule has 0 aliphatic heterocycles. The van der Waals surface area contributed by atoms with Crippen LogP contribution in [0.15, 0.2) is 12.2 Å². The van der Waals surface area contributed by atoms with E-state index in [1.165, 1.54) is 0 Å². The van der Waals surface area contributed by atoms with Crippen molar-refractivity contribution in [3.63, 3.8) is 0 Å². The lowest BCUT2D eigenvalue weighted by Gasteiger charge is -2.42. The molecule has 0 atom stereocenters. The highest BCUT2D eigenvalue weighted by atomic mass is 28.5. The highest BCUT2D eigenvalue weighted by Crippen LogP contribution is 2.38. The summed E-state index contributed by atoms with van der Waals surface area (Å²) in [5.41, 5.74) is -0.0545. The number of carbonyl (C=O) groups excluding carboxylic acids is 2. The Balaban J connectivity index is 4.85. The van der Waals surface area contributed by atoms with Gasteiger partial charge in [0.05, 0.1) is 19.6 Å². The first-order valence-electron chi connectivity index (χ1n) is 12.3. The third-order valence-corrected chi connectivity index (χ3v) is 16.3. The topological polar surface area (TPSA) is 80.3 Å². The minimum atomic E-state index is -5.72. The molecule has 0 heterocycles. The molecule has 0 aliphatic carbocycles. The molecule has 0 bridgehead atoms. The molecule has 0 radical (unpaired) electrons. The van der Waals surface area contributed by atoms with Gasteiger partial charge in [0.1, 0.15) is 0 Å². The summed E-state index contributed by atoms with van der Waals surface area (Å²) < 4.78 is 91.5. The number of alkyl halides is 5. The zero-order valence-electron chi connectivity index (χ0n) is 23.9. The zero-order valence-corrected chi connectivity index (χ0v) is 27.9. The van der Waals surface area contributed by atoms with Crippen molar-refractivity contribution in [2.45, 2.75) is 103 Å². The summed E-state index contributed by atoms with van der Waals surface area (Å²) in [5.74, 6) is -6.73. The first-order valence-corrected chi connectivity index (χ1v) is 24.5. The van der Waals surface area contributed by atoms with Crippen LogP contribution in [-0.2, 0) is 31.4 Å². The average molecular weight is 627 g/mol. The molecule has 7 nitrogen and oxygen atoms in total. The largest absolute Gasteiger partial charge is 0.469 e. The number of esters is 2. The Kier molecular flexibility index (Phi) is 13.8. The second-order valence-corrected chi connectivity index (χ2v) is 28.8. The van der Waals surface area contributed by atoms with Gasteiger partial charge < -0.3 is 21.8 Å². The molecule has 0 saturated carbocycles. The molecule has 0 aliphatic rings. The summed E-state index contributed by atoms with van der Waals surface area (Å²) in [5, 5.41) is 0. The number of halogens is 5. The van der Waals surface area contributed by atoms with E-state index in [-0.39, 0.29) is 18.6 Å². The van der Waals surface area contributed by atoms with Crippen molar-refractivity contribution in [2.24, 2.45) is 0 Å². The van der Waals surface area contributed by atoms with E-state index in [0.717, 1.165) is 0 Å². The molecule has 0 aromatic carbocycles. The number of hydrogen-bond donors (Lipinski definition) is 0. The van der Waals surface area contributed by atoms with Gasteiger partial charge in [-0.15, -0.1) is 0 Å². The van der Waals surface area contributed by atoms with Crippen LogP contribution >= 0.6 is 0 Å². The van der Waals surface area contributed by atoms with E-state index in [0.29, 0.717) is 12.5 Å². The predicted octanol–water partition coefficient (Wildman–Crippen LogP) is 6.88. The van der Waals surface area contributed by atoms with Gasteiger partial charge in [0.15, 0.2) is 25.0 Å². The van der Waals surface area contributed by atoms with Crippen LogP contribution in [0.5, 0.6) is 0 Å². The quantitative estimate of drug-likeness (QED) is 0.0573. The van der Waals surface area contributed by atoms with Crippen LogP contribution in [0.2, 0.25) is 65.0 Å². The highest BCUT2D eigenvalue weighted by molar-refractivity contribution is 6.90. The molecule has 0 rings (SSSR count). The molecular formula is C22H43F5O7Si4. The second kappa shape index (κ2) is 14.1. The molecule has 0 fully saturated rings. The van der Waals surface area contributed by atoms with Gasteiger partial charge in [-0.2, -0.15) is 22.0 Å². The number of carbonyl (C=O) groups is 2. The number of hydrogen-bond acceptors (Lipinski definition) is 7. The van der Waals surface area contributed by atoms with E-state index in [1.807, 2.05) is 0 Å². The van der Waals surface area contributed by atoms with E-state index in [4.69, 9.17) is 17.1 Å². The summed E-state index contributed by atoms with van der Waals surface area (Å²) in [4.78, 5) is 23.9. The fourth-order valence-corrected chi connectivity index (χ4v) is 17.7. The monoisotopic (exact) mass is 626 g/mol. The molecule has 0 aromatic heterocycles. The van der Waals surface area contributed by atoms with Gasteiger partial charge in [-0.3, -0.25) is 4.79 Å². The van der Waals surface area contributed by atoms with Crippen molar-refractivity contribution in [3.05, 3.63) is 12.2 Å². The summed E-state index contributed by atoms with van der Waals surface area (Å²) in [6, 6.07) is 0.459. The minimum Gasteiger partial charge on any atom is -0.465 e. The molecule has 0 aromatic rings. The first-order chi connectivity index (χ1) is 16.8. The zero-order chi connectivity index (χ0) is 30.2. The Morgan fingerprint density at radius 2 is 1.16 bits per heavy atom. The molecule has 224 valence electrons. The van der Waals surface area contributed by atoms with Crippen LogP contribution in [0.25, 0.3) is 0 Å². The van der Waals surface area contributed by atoms with Crippen LogP contribution in [0.1, 0.15) is 25.7 Å². The maximum absolute atomic E-state index is 12.9. The van der Waals surface area contributed by atoms with Crippen molar-refractivity contribution >= 4 is 45.7 Å². The molecule has 0 unspecified atom stereocenters. The van der Waals surface area contributed by atoms with Gasteiger partial charge in [-0.1, -0.05) is 6.58 Å². The SMILES string of the molecule is C=C(CCC(=O)OCCC(F)(F)C(F)(F)F)C(=O)OCCC[Si](O[Si](C)(C)C)(O[Si](C)(C)C)O[Si](C)(C)C. The molecule has 0 amide bonds. The lowest BCUT2D eigenvalue weighted by Crippen LogP contribution is -2.60. The lowest BCUT2D eigenvalue weighted by molar-refractivity contribution is -0.286. The van der Waals surface area contributed by atoms with Crippen molar-refractivity contribution in [2.75, 3.05) is 13.2 Å². The van der Waals surface area contributed by atoms with Gasteiger partial charge in [0, 0.05) is 18.0 Å². The fraction of sp³-hybridized carbons (Fsp3) is 0.818. The smallest absolute Gasteiger partial charge is 0.465 e. The van der Waals surface area contributed by atoms with Gasteiger partial charge in [-0.05, 0) is 71.8 Å². The van der Waals surface area contributed by atoms with Crippen molar-refractivity contribution < 1.29 is 53.4 Å². The molecular weight excluding hydrogens is 584 g/mol. The van der Waals surface area contributed by atoms with Crippen LogP contribution in [0.3, 0.4) is 0 Å². The standard InChI is InChI=1S/C22H43F5O7Si4/c1-18(12-13-19(28)30-16-14-21(23,24)22(25,26)27)20(29)31-15-11-17-38(32-35(2,3)4,33-36(5,6)7)34-37(8,9)10/h1,11-17H2,2-10H3. The fourth-order valence-electron chi connectivity index (χ4n) is 3.03. The second-order valence-electron chi connectivity index (χ2n) is 11.8. The van der Waals surface area contributed by atoms with E-state index < -0.39 is 77.2 Å². The van der Waals surface area contributed by atoms with Crippen LogP contribution in [0, 0.1) is 0 Å². The Labute approximate surface area is 227 Å². The lowest BCUT2D eigenvalue weighted by atomic mass is 10.1. The average Bonchev–Trinajstić information content (AvgIpc) is 2.64. The van der Waals surface area contributed by atoms with Gasteiger partial charge in [0.2, 0.25) is 0 Å². The third kappa shape index (κ3) is 16.2. The summed E-state index contributed by atoms with van der Waals surface area (Å²) in [7, 11) is -9.23. The van der Waals surface area contributed by atoms with E-state index in [1.54, 1.807) is 0 Å². The molecule has 0 N–H and O–H groups in total. The Bertz CT molecular complexity index is 763. The normalized spacial score (nSPS) is 13.8. The minimum absolute atomic E-state index is 0.0305. The van der Waals surface area contributed by atoms with Crippen LogP contribution in [0.4, 0.5) is 22.0 Å². The van der Waals surface area contributed by atoms with Crippen molar-refractivity contribution in [1.82, 2.24) is 0 Å². The summed E-state index contributed by atoms with van der Waals surface area (Å²) in [6.45, 7) is 21.0. The Morgan fingerprint density at radius 3 is 1.55 bits per heavy atom. The van der Waals surface area contributed by atoms with Gasteiger partial charge >= 0.3 is 32.8 Å². The van der Waals surface area contributed by atoms with Crippen molar-refractivity contribution in [3.8, 4) is 0 Å². The highest BCUT2D eigenvalue weighted by Gasteiger charge is 2.57. The van der Waals surface area contributed by atoms with Crippen LogP contribution in [-0.4, -0.2) is 71.0 Å². The van der Waals surface area contributed by atoms with E-state index >= 15 is 0 Å². The van der Waals surface area contributed by atoms with E-state index in [2.05, 4.69) is 70.2 Å². The number of ether oxygens (including phenoxy) is 2. The molecule has 0 saturated heterocycles. The molecule has 38 heavy (non-hydrogen) atoms. The third-order valence-electron chi connectivity index (χ3n) is 4.26. The molecule has 0 spiro atoms. The van der Waals surface area contributed by atoms with E-state index in [9.17, 15) is 31.5 Å². The van der Waals surface area contributed by atoms with Gasteiger partial charge in [-0.25, -0.2) is 4.79 Å². The predicted molar refractivity (Wildman–Crippen MR) is 144 cm³/mol. The first kappa shape index (κ1) is 37.1. The maximum atomic E-state index is 12.9. The Morgan fingerprint density at radius 1 is 0.711 bits per heavy atom. The number of rotatable bonds is 17. The van der Waals surface area contributed by atoms with Crippen molar-refractivity contribution in [1.29, 1.82) is 0 Å². The summed E-state index contributed by atoms with van der Waals surface area (Å²) >= 11 is 0. The maximum Gasteiger partial charge on any atom is 0.469 e. The Hall–Kier alpha value is -0.922. The van der Waals surface area contributed by atoms with Crippen LogP contribution < -0.4 is 0 Å². The summed E-state index contributed by atoms with van der Waals surface area (Å²) in [6.07, 6.45) is -7.59.